The molecule has 0 aromatic rings. The number of nitrogens with one attached hydrogen (secondary N) is 1. The molecule has 0 aromatic carbocycles. The summed E-state index contributed by atoms with van der Waals surface area (Å²) in [6.07, 6.45) is 1.67. The van der Waals surface area contributed by atoms with Crippen LogP contribution >= 0.6 is 0 Å². The fraction of sp³-hybridized carbons (Fsp3) is 0.429. The average molecular weight is 141 g/mol. The molecule has 0 saturated carbocycles. The molecule has 0 atom stereocenters. The first kappa shape index (κ1) is 8.88. The number of hydrogen-bond acceptors (Lipinski definition) is 3. The van der Waals surface area contributed by atoms with Crippen molar-refractivity contribution in [3.63, 3.8) is 0 Å². The molecule has 0 aliphatic carbocycles. The molecule has 0 aliphatic rings. The summed E-state index contributed by atoms with van der Waals surface area (Å²) in [4.78, 5) is 10.6. The van der Waals surface area contributed by atoms with Crippen molar-refractivity contribution in [1.82, 2.24) is 0 Å². The van der Waals surface area contributed by atoms with E-state index in [4.69, 9.17) is 5.41 Å². The van der Waals surface area contributed by atoms with Crippen molar-refractivity contribution in [3.8, 4) is 0 Å². The Bertz CT molecular complexity index is 152. The summed E-state index contributed by atoms with van der Waals surface area (Å²) in [5.74, 6) is -0.387. The first-order valence-electron chi connectivity index (χ1n) is 3.00. The zero-order valence-electron chi connectivity index (χ0n) is 6.02. The Labute approximate surface area is 60.2 Å². The third-order valence-corrected chi connectivity index (χ3v) is 0.844. The molecule has 0 aliphatic heterocycles. The second-order valence-electron chi connectivity index (χ2n) is 1.91. The molecule has 56 valence electrons. The van der Waals surface area contributed by atoms with E-state index in [1.54, 1.807) is 6.92 Å². The van der Waals surface area contributed by atoms with Crippen molar-refractivity contribution in [2.24, 2.45) is 0 Å². The van der Waals surface area contributed by atoms with Gasteiger partial charge in [0.05, 0.1) is 6.61 Å². The molecule has 0 heterocycles. The van der Waals surface area contributed by atoms with Gasteiger partial charge < -0.3 is 10.1 Å². The van der Waals surface area contributed by atoms with Crippen LogP contribution in [0.5, 0.6) is 0 Å². The number of rotatable bonds is 4. The molecule has 0 aromatic heterocycles. The van der Waals surface area contributed by atoms with E-state index >= 15 is 0 Å². The molecule has 0 fully saturated rings. The minimum absolute atomic E-state index is 0.273. The summed E-state index contributed by atoms with van der Waals surface area (Å²) in [5.41, 5.74) is 0.394. The van der Waals surface area contributed by atoms with Crippen molar-refractivity contribution in [2.45, 2.75) is 13.3 Å². The van der Waals surface area contributed by atoms with Gasteiger partial charge in [0.25, 0.3) is 0 Å². The van der Waals surface area contributed by atoms with E-state index in [1.807, 2.05) is 0 Å². The lowest BCUT2D eigenvalue weighted by Gasteiger charge is -1.99. The lowest BCUT2D eigenvalue weighted by atomic mass is 10.4. The van der Waals surface area contributed by atoms with Gasteiger partial charge in [0.15, 0.2) is 0 Å². The predicted octanol–water partition coefficient (Wildman–Crippen LogP) is 1.15. The Morgan fingerprint density at radius 1 is 1.80 bits per heavy atom. The Morgan fingerprint density at radius 3 is 2.80 bits per heavy atom. The largest absolute Gasteiger partial charge is 0.462 e. The molecule has 0 radical (unpaired) electrons. The maximum absolute atomic E-state index is 10.6. The Hall–Kier alpha value is -1.12. The second kappa shape index (κ2) is 4.73. The van der Waals surface area contributed by atoms with Crippen LogP contribution in [-0.2, 0) is 9.53 Å². The topological polar surface area (TPSA) is 50.2 Å². The number of esters is 1. The first-order valence-corrected chi connectivity index (χ1v) is 3.00. The van der Waals surface area contributed by atoms with Crippen LogP contribution in [-0.4, -0.2) is 18.8 Å². The first-order chi connectivity index (χ1) is 4.68. The van der Waals surface area contributed by atoms with E-state index in [2.05, 4.69) is 11.3 Å². The molecular weight excluding hydrogens is 130 g/mol. The molecule has 0 amide bonds. The molecular formula is C7H11NO2. The van der Waals surface area contributed by atoms with Gasteiger partial charge in [-0.15, -0.1) is 0 Å². The smallest absolute Gasteiger partial charge is 0.333 e. The van der Waals surface area contributed by atoms with E-state index in [-0.39, 0.29) is 12.6 Å². The van der Waals surface area contributed by atoms with Crippen molar-refractivity contribution in [2.75, 3.05) is 6.61 Å². The third-order valence-electron chi connectivity index (χ3n) is 0.844. The summed E-state index contributed by atoms with van der Waals surface area (Å²) in [6.45, 7) is 5.27. The highest BCUT2D eigenvalue weighted by Crippen LogP contribution is 1.91. The van der Waals surface area contributed by atoms with E-state index in [1.165, 1.54) is 6.21 Å². The molecule has 1 N–H and O–H groups in total. The van der Waals surface area contributed by atoms with Crippen molar-refractivity contribution >= 4 is 12.2 Å². The summed E-state index contributed by atoms with van der Waals surface area (Å²) in [6, 6.07) is 0. The SMILES string of the molecule is C=C(C)C(=O)OCCC=N. The molecule has 10 heavy (non-hydrogen) atoms. The van der Waals surface area contributed by atoms with Crippen LogP contribution in [0.3, 0.4) is 0 Å². The molecule has 3 nitrogen and oxygen atoms in total. The Morgan fingerprint density at radius 2 is 2.40 bits per heavy atom. The summed E-state index contributed by atoms with van der Waals surface area (Å²) in [5, 5.41) is 6.62. The Kier molecular flexibility index (Phi) is 4.20. The summed E-state index contributed by atoms with van der Waals surface area (Å²) >= 11 is 0. The maximum Gasteiger partial charge on any atom is 0.333 e. The van der Waals surface area contributed by atoms with Crippen LogP contribution in [0.25, 0.3) is 0 Å². The highest BCUT2D eigenvalue weighted by atomic mass is 16.5. The van der Waals surface area contributed by atoms with Crippen LogP contribution in [0.4, 0.5) is 0 Å². The maximum atomic E-state index is 10.6. The second-order valence-corrected chi connectivity index (χ2v) is 1.91. The van der Waals surface area contributed by atoms with Crippen molar-refractivity contribution in [1.29, 1.82) is 5.41 Å². The van der Waals surface area contributed by atoms with Gasteiger partial charge in [-0.05, 0) is 13.1 Å². The van der Waals surface area contributed by atoms with Gasteiger partial charge in [-0.2, -0.15) is 0 Å². The molecule has 0 saturated heterocycles. The van der Waals surface area contributed by atoms with Gasteiger partial charge in [-0.3, -0.25) is 0 Å². The van der Waals surface area contributed by atoms with E-state index < -0.39 is 0 Å². The van der Waals surface area contributed by atoms with Crippen molar-refractivity contribution < 1.29 is 9.53 Å². The van der Waals surface area contributed by atoms with E-state index in [0.29, 0.717) is 12.0 Å². The minimum Gasteiger partial charge on any atom is -0.462 e. The van der Waals surface area contributed by atoms with Crippen LogP contribution in [0.2, 0.25) is 0 Å². The van der Waals surface area contributed by atoms with Crippen LogP contribution in [0, 0.1) is 5.41 Å². The van der Waals surface area contributed by atoms with Gasteiger partial charge in [-0.1, -0.05) is 6.58 Å². The summed E-state index contributed by atoms with van der Waals surface area (Å²) < 4.78 is 4.65. The molecule has 0 bridgehead atoms. The highest BCUT2D eigenvalue weighted by molar-refractivity contribution is 5.86. The van der Waals surface area contributed by atoms with Crippen molar-refractivity contribution in [3.05, 3.63) is 12.2 Å². The number of carbonyl (C=O) groups is 1. The lowest BCUT2D eigenvalue weighted by Crippen LogP contribution is -2.06. The van der Waals surface area contributed by atoms with Crippen LogP contribution in [0.15, 0.2) is 12.2 Å². The number of carbonyl (C=O) groups excluding carboxylic acids is 1. The summed E-state index contributed by atoms with van der Waals surface area (Å²) in [7, 11) is 0. The lowest BCUT2D eigenvalue weighted by molar-refractivity contribution is -0.138. The highest BCUT2D eigenvalue weighted by Gasteiger charge is 2.00. The predicted molar refractivity (Wildman–Crippen MR) is 39.2 cm³/mol. The number of ether oxygens (including phenoxy) is 1. The third kappa shape index (κ3) is 3.83. The Balaban J connectivity index is 3.40. The molecule has 0 rings (SSSR count). The fourth-order valence-electron chi connectivity index (χ4n) is 0.334. The zero-order valence-corrected chi connectivity index (χ0v) is 6.02. The normalized spacial score (nSPS) is 8.50. The average Bonchev–Trinajstić information content (AvgIpc) is 1.88. The van der Waals surface area contributed by atoms with Gasteiger partial charge in [0.2, 0.25) is 0 Å². The zero-order chi connectivity index (χ0) is 7.98. The minimum atomic E-state index is -0.387. The van der Waals surface area contributed by atoms with Gasteiger partial charge in [-0.25, -0.2) is 4.79 Å². The van der Waals surface area contributed by atoms with E-state index in [0.717, 1.165) is 0 Å². The van der Waals surface area contributed by atoms with Gasteiger partial charge >= 0.3 is 5.97 Å². The molecule has 0 unspecified atom stereocenters. The van der Waals surface area contributed by atoms with Crippen LogP contribution in [0.1, 0.15) is 13.3 Å². The van der Waals surface area contributed by atoms with E-state index in [9.17, 15) is 4.79 Å². The quantitative estimate of drug-likeness (QED) is 0.276. The van der Waals surface area contributed by atoms with Gasteiger partial charge in [0.1, 0.15) is 0 Å². The standard InChI is InChI=1S/C7H11NO2/c1-6(2)7(9)10-5-3-4-8/h4,8H,1,3,5H2,2H3. The molecule has 0 spiro atoms. The van der Waals surface area contributed by atoms with Crippen LogP contribution < -0.4 is 0 Å². The monoisotopic (exact) mass is 141 g/mol. The number of hydrogen-bond donors (Lipinski definition) is 1. The van der Waals surface area contributed by atoms with Gasteiger partial charge in [0, 0.05) is 12.0 Å². The molecule has 3 heteroatoms. The fourth-order valence-corrected chi connectivity index (χ4v) is 0.334.